The third-order valence-electron chi connectivity index (χ3n) is 3.82. The van der Waals surface area contributed by atoms with Gasteiger partial charge in [0.2, 0.25) is 0 Å². The molecule has 1 aliphatic rings. The van der Waals surface area contributed by atoms with Gasteiger partial charge in [-0.1, -0.05) is 0 Å². The average Bonchev–Trinajstić information content (AvgIpc) is 3.28. The minimum Gasteiger partial charge on any atom is -0.383 e. The first-order valence-corrected chi connectivity index (χ1v) is 6.90. The Kier molecular flexibility index (Phi) is 4.88. The number of benzene rings is 1. The molecule has 1 fully saturated rings. The van der Waals surface area contributed by atoms with Crippen LogP contribution in [0.25, 0.3) is 0 Å². The molecule has 0 bridgehead atoms. The van der Waals surface area contributed by atoms with Crippen molar-refractivity contribution in [2.24, 2.45) is 5.92 Å². The van der Waals surface area contributed by atoms with Crippen LogP contribution in [0.3, 0.4) is 0 Å². The van der Waals surface area contributed by atoms with Crippen molar-refractivity contribution in [3.63, 3.8) is 0 Å². The highest BCUT2D eigenvalue weighted by Crippen LogP contribution is 2.35. The van der Waals surface area contributed by atoms with Crippen molar-refractivity contribution in [2.75, 3.05) is 20.3 Å². The number of carbonyl (C=O) groups is 1. The zero-order chi connectivity index (χ0) is 15.6. The fraction of sp³-hybridized carbons (Fsp3) is 0.533. The molecule has 1 atom stereocenters. The van der Waals surface area contributed by atoms with E-state index in [1.807, 2.05) is 6.92 Å². The molecule has 0 saturated heterocycles. The van der Waals surface area contributed by atoms with E-state index >= 15 is 0 Å². The second kappa shape index (κ2) is 6.47. The molecule has 6 heteroatoms. The zero-order valence-electron chi connectivity index (χ0n) is 12.0. The minimum absolute atomic E-state index is 0.0381. The first-order chi connectivity index (χ1) is 9.95. The number of carbonyl (C=O) groups excluding carboxylic acids is 1. The molecule has 1 aromatic rings. The van der Waals surface area contributed by atoms with Gasteiger partial charge in [0, 0.05) is 25.3 Å². The van der Waals surface area contributed by atoms with Crippen LogP contribution in [0, 0.1) is 23.4 Å². The van der Waals surface area contributed by atoms with E-state index in [1.165, 1.54) is 12.0 Å². The van der Waals surface area contributed by atoms with E-state index in [0.29, 0.717) is 19.1 Å². The highest BCUT2D eigenvalue weighted by molar-refractivity contribution is 5.94. The highest BCUT2D eigenvalue weighted by Gasteiger charge is 2.34. The first kappa shape index (κ1) is 15.8. The lowest BCUT2D eigenvalue weighted by atomic mass is 10.1. The van der Waals surface area contributed by atoms with Crippen LogP contribution in [0.15, 0.2) is 12.1 Å². The Balaban J connectivity index is 2.24. The lowest BCUT2D eigenvalue weighted by Gasteiger charge is -2.29. The first-order valence-electron chi connectivity index (χ1n) is 6.90. The summed E-state index contributed by atoms with van der Waals surface area (Å²) >= 11 is 0. The second-order valence-electron chi connectivity index (χ2n) is 5.32. The quantitative estimate of drug-likeness (QED) is 0.756. The Morgan fingerprint density at radius 3 is 2.38 bits per heavy atom. The Bertz CT molecular complexity index is 509. The van der Waals surface area contributed by atoms with Gasteiger partial charge in [0.05, 0.1) is 6.61 Å². The molecule has 1 aromatic carbocycles. The number of hydrogen-bond donors (Lipinski definition) is 0. The van der Waals surface area contributed by atoms with Crippen LogP contribution in [-0.2, 0) is 4.74 Å². The van der Waals surface area contributed by atoms with Gasteiger partial charge in [-0.15, -0.1) is 0 Å². The molecule has 21 heavy (non-hydrogen) atoms. The van der Waals surface area contributed by atoms with Gasteiger partial charge in [0.15, 0.2) is 17.5 Å². The number of nitrogens with zero attached hydrogens (tertiary/aromatic N) is 1. The van der Waals surface area contributed by atoms with Gasteiger partial charge < -0.3 is 9.64 Å². The van der Waals surface area contributed by atoms with Crippen molar-refractivity contribution in [1.82, 2.24) is 4.90 Å². The van der Waals surface area contributed by atoms with Crippen LogP contribution in [0.5, 0.6) is 0 Å². The standard InChI is InChI=1S/C15H18F3NO2/c1-9(10-3-4-10)19(5-6-21-2)15(20)11-7-12(16)14(18)13(17)8-11/h7-10H,3-6H2,1-2H3. The monoisotopic (exact) mass is 301 g/mol. The Hall–Kier alpha value is -1.56. The molecule has 1 unspecified atom stereocenters. The molecule has 3 nitrogen and oxygen atoms in total. The molecule has 1 saturated carbocycles. The maximum absolute atomic E-state index is 13.3. The number of ether oxygens (including phenoxy) is 1. The minimum atomic E-state index is -1.56. The zero-order valence-corrected chi connectivity index (χ0v) is 12.0. The summed E-state index contributed by atoms with van der Waals surface area (Å²) in [5, 5.41) is 0. The summed E-state index contributed by atoms with van der Waals surface area (Å²) in [5.74, 6) is -4.39. The molecule has 2 rings (SSSR count). The van der Waals surface area contributed by atoms with Crippen molar-refractivity contribution in [3.05, 3.63) is 35.1 Å². The van der Waals surface area contributed by atoms with E-state index in [-0.39, 0.29) is 11.6 Å². The summed E-state index contributed by atoms with van der Waals surface area (Å²) in [5.41, 5.74) is -0.185. The van der Waals surface area contributed by atoms with Crippen molar-refractivity contribution in [2.45, 2.75) is 25.8 Å². The number of rotatable bonds is 6. The van der Waals surface area contributed by atoms with Gasteiger partial charge in [-0.25, -0.2) is 13.2 Å². The van der Waals surface area contributed by atoms with Crippen LogP contribution in [0.1, 0.15) is 30.1 Å². The van der Waals surface area contributed by atoms with E-state index in [1.54, 1.807) is 0 Å². The number of hydrogen-bond acceptors (Lipinski definition) is 2. The molecule has 0 heterocycles. The summed E-state index contributed by atoms with van der Waals surface area (Å²) in [7, 11) is 1.52. The molecule has 1 amide bonds. The third-order valence-corrected chi connectivity index (χ3v) is 3.82. The van der Waals surface area contributed by atoms with E-state index in [9.17, 15) is 18.0 Å². The lowest BCUT2D eigenvalue weighted by Crippen LogP contribution is -2.42. The summed E-state index contributed by atoms with van der Waals surface area (Å²) in [4.78, 5) is 14.0. The van der Waals surface area contributed by atoms with Gasteiger partial charge >= 0.3 is 0 Å². The second-order valence-corrected chi connectivity index (χ2v) is 5.32. The van der Waals surface area contributed by atoms with Gasteiger partial charge in [0.25, 0.3) is 5.91 Å². The van der Waals surface area contributed by atoms with E-state index < -0.39 is 23.4 Å². The summed E-state index contributed by atoms with van der Waals surface area (Å²) in [6, 6.07) is 1.43. The predicted octanol–water partition coefficient (Wildman–Crippen LogP) is 2.99. The third kappa shape index (κ3) is 3.56. The van der Waals surface area contributed by atoms with Crippen LogP contribution in [0.2, 0.25) is 0 Å². The topological polar surface area (TPSA) is 29.5 Å². The molecular formula is C15H18F3NO2. The smallest absolute Gasteiger partial charge is 0.254 e. The SMILES string of the molecule is COCCN(C(=O)c1cc(F)c(F)c(F)c1)C(C)C1CC1. The molecule has 0 radical (unpaired) electrons. The predicted molar refractivity (Wildman–Crippen MR) is 71.4 cm³/mol. The molecule has 0 spiro atoms. The number of amides is 1. The maximum atomic E-state index is 13.3. The van der Waals surface area contributed by atoms with E-state index in [0.717, 1.165) is 25.0 Å². The molecular weight excluding hydrogens is 283 g/mol. The van der Waals surface area contributed by atoms with Crippen LogP contribution in [-0.4, -0.2) is 37.1 Å². The van der Waals surface area contributed by atoms with Gasteiger partial charge in [-0.3, -0.25) is 4.79 Å². The van der Waals surface area contributed by atoms with Crippen molar-refractivity contribution >= 4 is 5.91 Å². The van der Waals surface area contributed by atoms with Gasteiger partial charge in [-0.05, 0) is 37.8 Å². The number of methoxy groups -OCH3 is 1. The summed E-state index contributed by atoms with van der Waals surface area (Å²) in [6.45, 7) is 2.56. The molecule has 0 aromatic heterocycles. The average molecular weight is 301 g/mol. The normalized spacial score (nSPS) is 15.9. The summed E-state index contributed by atoms with van der Waals surface area (Å²) < 4.78 is 44.5. The van der Waals surface area contributed by atoms with Crippen LogP contribution in [0.4, 0.5) is 13.2 Å². The fourth-order valence-electron chi connectivity index (χ4n) is 2.36. The molecule has 1 aliphatic carbocycles. The Morgan fingerprint density at radius 1 is 1.33 bits per heavy atom. The van der Waals surface area contributed by atoms with Gasteiger partial charge in [0.1, 0.15) is 0 Å². The van der Waals surface area contributed by atoms with E-state index in [4.69, 9.17) is 4.74 Å². The van der Waals surface area contributed by atoms with Crippen molar-refractivity contribution in [3.8, 4) is 0 Å². The van der Waals surface area contributed by atoms with Gasteiger partial charge in [-0.2, -0.15) is 0 Å². The lowest BCUT2D eigenvalue weighted by molar-refractivity contribution is 0.0593. The number of halogens is 3. The Morgan fingerprint density at radius 2 is 1.90 bits per heavy atom. The molecule has 0 aliphatic heterocycles. The van der Waals surface area contributed by atoms with Crippen LogP contribution < -0.4 is 0 Å². The van der Waals surface area contributed by atoms with Crippen molar-refractivity contribution in [1.29, 1.82) is 0 Å². The highest BCUT2D eigenvalue weighted by atomic mass is 19.2. The largest absolute Gasteiger partial charge is 0.383 e. The fourth-order valence-corrected chi connectivity index (χ4v) is 2.36. The Labute approximate surface area is 121 Å². The molecule has 116 valence electrons. The van der Waals surface area contributed by atoms with E-state index in [2.05, 4.69) is 0 Å². The molecule has 0 N–H and O–H groups in total. The summed E-state index contributed by atoms with van der Waals surface area (Å²) in [6.07, 6.45) is 2.06. The van der Waals surface area contributed by atoms with Crippen LogP contribution >= 0.6 is 0 Å². The maximum Gasteiger partial charge on any atom is 0.254 e. The van der Waals surface area contributed by atoms with Crippen molar-refractivity contribution < 1.29 is 22.7 Å².